The average molecular weight is 392 g/mol. The molecule has 0 bridgehead atoms. The first-order valence-electron chi connectivity index (χ1n) is 9.31. The summed E-state index contributed by atoms with van der Waals surface area (Å²) in [5.41, 5.74) is 2.81. The second-order valence-corrected chi connectivity index (χ2v) is 7.68. The third-order valence-corrected chi connectivity index (χ3v) is 4.31. The van der Waals surface area contributed by atoms with E-state index in [4.69, 9.17) is 4.74 Å². The Balaban J connectivity index is 1.65. The van der Waals surface area contributed by atoms with Gasteiger partial charge in [0, 0.05) is 5.69 Å². The van der Waals surface area contributed by atoms with E-state index in [0.29, 0.717) is 11.4 Å². The van der Waals surface area contributed by atoms with Gasteiger partial charge in [0.15, 0.2) is 12.3 Å². The van der Waals surface area contributed by atoms with Crippen LogP contribution in [0.4, 0.5) is 5.69 Å². The van der Waals surface area contributed by atoms with Gasteiger partial charge in [0.05, 0.1) is 11.4 Å². The number of para-hydroxylation sites is 2. The number of rotatable bonds is 5. The molecule has 3 rings (SSSR count). The highest BCUT2D eigenvalue weighted by molar-refractivity contribution is 5.95. The van der Waals surface area contributed by atoms with Gasteiger partial charge in [-0.1, -0.05) is 57.2 Å². The number of nitrogens with one attached hydrogen (secondary N) is 1. The first-order chi connectivity index (χ1) is 13.8. The Kier molecular flexibility index (Phi) is 5.77. The van der Waals surface area contributed by atoms with Crippen molar-refractivity contribution in [2.45, 2.75) is 33.1 Å². The molecule has 0 spiro atoms. The number of anilines is 1. The Hall–Kier alpha value is -3.48. The largest absolute Gasteiger partial charge is 0.451 e. The molecule has 0 unspecified atom stereocenters. The lowest BCUT2D eigenvalue weighted by Crippen LogP contribution is -2.23. The fourth-order valence-corrected chi connectivity index (χ4v) is 2.88. The monoisotopic (exact) mass is 392 g/mol. The third kappa shape index (κ3) is 4.87. The number of nitrogens with zero attached hydrogens (tertiary/aromatic N) is 3. The van der Waals surface area contributed by atoms with Crippen LogP contribution in [-0.2, 0) is 14.9 Å². The molecule has 29 heavy (non-hydrogen) atoms. The van der Waals surface area contributed by atoms with Crippen LogP contribution in [0.1, 0.15) is 42.5 Å². The summed E-state index contributed by atoms with van der Waals surface area (Å²) in [6.07, 6.45) is 0. The maximum Gasteiger partial charge on any atom is 0.361 e. The Morgan fingerprint density at radius 3 is 2.34 bits per heavy atom. The van der Waals surface area contributed by atoms with Crippen molar-refractivity contribution in [2.75, 3.05) is 11.9 Å². The van der Waals surface area contributed by atoms with Crippen molar-refractivity contribution in [2.24, 2.45) is 0 Å². The molecule has 2 aromatic carbocycles. The molecular weight excluding hydrogens is 368 g/mol. The molecule has 0 saturated heterocycles. The number of ether oxygens (including phenoxy) is 1. The van der Waals surface area contributed by atoms with Crippen molar-refractivity contribution in [3.63, 3.8) is 0 Å². The highest BCUT2D eigenvalue weighted by Gasteiger charge is 2.21. The Bertz CT molecular complexity index is 1020. The topological polar surface area (TPSA) is 86.1 Å². The Morgan fingerprint density at radius 2 is 1.66 bits per heavy atom. The van der Waals surface area contributed by atoms with Gasteiger partial charge in [-0.3, -0.25) is 4.79 Å². The standard InChI is InChI=1S/C22H24N4O3/c1-15-20(25-26(24-15)16-10-6-5-7-11-16)21(28)29-14-19(27)23-18-13-9-8-12-17(18)22(2,3)4/h5-13H,14H2,1-4H3,(H,23,27). The predicted molar refractivity (Wildman–Crippen MR) is 110 cm³/mol. The number of amides is 1. The molecule has 1 N–H and O–H groups in total. The van der Waals surface area contributed by atoms with E-state index in [1.807, 2.05) is 54.6 Å². The lowest BCUT2D eigenvalue weighted by atomic mass is 9.86. The summed E-state index contributed by atoms with van der Waals surface area (Å²) in [5, 5.41) is 11.2. The van der Waals surface area contributed by atoms with E-state index >= 15 is 0 Å². The first-order valence-corrected chi connectivity index (χ1v) is 9.31. The van der Waals surface area contributed by atoms with Gasteiger partial charge in [-0.05, 0) is 36.1 Å². The van der Waals surface area contributed by atoms with Gasteiger partial charge < -0.3 is 10.1 Å². The summed E-state index contributed by atoms with van der Waals surface area (Å²) < 4.78 is 5.15. The molecule has 0 aliphatic carbocycles. The Morgan fingerprint density at radius 1 is 1.00 bits per heavy atom. The van der Waals surface area contributed by atoms with Crippen LogP contribution in [0.5, 0.6) is 0 Å². The van der Waals surface area contributed by atoms with Crippen LogP contribution in [0.15, 0.2) is 54.6 Å². The van der Waals surface area contributed by atoms with Crippen molar-refractivity contribution in [3.8, 4) is 5.69 Å². The fraction of sp³-hybridized carbons (Fsp3) is 0.273. The lowest BCUT2D eigenvalue weighted by Gasteiger charge is -2.22. The molecule has 7 nitrogen and oxygen atoms in total. The number of aromatic nitrogens is 3. The van der Waals surface area contributed by atoms with Crippen molar-refractivity contribution < 1.29 is 14.3 Å². The number of carbonyl (C=O) groups excluding carboxylic acids is 2. The van der Waals surface area contributed by atoms with Crippen LogP contribution in [0.3, 0.4) is 0 Å². The molecular formula is C22H24N4O3. The van der Waals surface area contributed by atoms with E-state index < -0.39 is 18.5 Å². The minimum absolute atomic E-state index is 0.0803. The zero-order chi connectivity index (χ0) is 21.0. The maximum atomic E-state index is 12.4. The lowest BCUT2D eigenvalue weighted by molar-refractivity contribution is -0.119. The molecule has 150 valence electrons. The van der Waals surface area contributed by atoms with Gasteiger partial charge in [0.1, 0.15) is 0 Å². The molecule has 0 radical (unpaired) electrons. The summed E-state index contributed by atoms with van der Waals surface area (Å²) in [6, 6.07) is 16.8. The van der Waals surface area contributed by atoms with Crippen LogP contribution in [0.2, 0.25) is 0 Å². The molecule has 0 aliphatic rings. The van der Waals surface area contributed by atoms with Crippen molar-refractivity contribution in [1.82, 2.24) is 15.0 Å². The third-order valence-electron chi connectivity index (χ3n) is 4.31. The first kappa shape index (κ1) is 20.3. The molecule has 1 heterocycles. The molecule has 7 heteroatoms. The number of esters is 1. The van der Waals surface area contributed by atoms with Gasteiger partial charge in [0.25, 0.3) is 5.91 Å². The van der Waals surface area contributed by atoms with Gasteiger partial charge in [-0.25, -0.2) is 4.79 Å². The number of hydrogen-bond acceptors (Lipinski definition) is 5. The van der Waals surface area contributed by atoms with Crippen LogP contribution < -0.4 is 5.32 Å². The second-order valence-electron chi connectivity index (χ2n) is 7.68. The summed E-state index contributed by atoms with van der Waals surface area (Å²) in [6.45, 7) is 7.46. The van der Waals surface area contributed by atoms with E-state index in [9.17, 15) is 9.59 Å². The second kappa shape index (κ2) is 8.26. The number of hydrogen-bond donors (Lipinski definition) is 1. The number of aryl methyl sites for hydroxylation is 1. The smallest absolute Gasteiger partial charge is 0.361 e. The van der Waals surface area contributed by atoms with E-state index in [2.05, 4.69) is 36.3 Å². The zero-order valence-electron chi connectivity index (χ0n) is 17.0. The fourth-order valence-electron chi connectivity index (χ4n) is 2.88. The summed E-state index contributed by atoms with van der Waals surface area (Å²) >= 11 is 0. The van der Waals surface area contributed by atoms with E-state index in [1.165, 1.54) is 4.80 Å². The number of benzene rings is 2. The van der Waals surface area contributed by atoms with Gasteiger partial charge >= 0.3 is 5.97 Å². The van der Waals surface area contributed by atoms with Crippen LogP contribution >= 0.6 is 0 Å². The highest BCUT2D eigenvalue weighted by Crippen LogP contribution is 2.29. The van der Waals surface area contributed by atoms with Gasteiger partial charge in [-0.15, -0.1) is 5.10 Å². The minimum Gasteiger partial charge on any atom is -0.451 e. The van der Waals surface area contributed by atoms with Gasteiger partial charge in [0.2, 0.25) is 0 Å². The van der Waals surface area contributed by atoms with Crippen LogP contribution in [0.25, 0.3) is 5.69 Å². The Labute approximate surface area is 169 Å². The van der Waals surface area contributed by atoms with Crippen LogP contribution in [0, 0.1) is 6.92 Å². The van der Waals surface area contributed by atoms with Crippen molar-refractivity contribution >= 4 is 17.6 Å². The highest BCUT2D eigenvalue weighted by atomic mass is 16.5. The summed E-state index contributed by atoms with van der Waals surface area (Å²) in [4.78, 5) is 26.1. The molecule has 1 aromatic heterocycles. The van der Waals surface area contributed by atoms with Gasteiger partial charge in [-0.2, -0.15) is 9.90 Å². The van der Waals surface area contributed by atoms with Crippen molar-refractivity contribution in [1.29, 1.82) is 0 Å². The van der Waals surface area contributed by atoms with E-state index in [1.54, 1.807) is 6.92 Å². The van der Waals surface area contributed by atoms with Crippen molar-refractivity contribution in [3.05, 3.63) is 71.5 Å². The molecule has 0 atom stereocenters. The summed E-state index contributed by atoms with van der Waals surface area (Å²) in [7, 11) is 0. The average Bonchev–Trinajstić information content (AvgIpc) is 3.08. The number of carbonyl (C=O) groups is 2. The van der Waals surface area contributed by atoms with Crippen LogP contribution in [-0.4, -0.2) is 33.5 Å². The minimum atomic E-state index is -0.691. The SMILES string of the molecule is Cc1nn(-c2ccccc2)nc1C(=O)OCC(=O)Nc1ccccc1C(C)(C)C. The maximum absolute atomic E-state index is 12.4. The zero-order valence-corrected chi connectivity index (χ0v) is 17.0. The normalized spacial score (nSPS) is 11.2. The predicted octanol–water partition coefficient (Wildman–Crippen LogP) is 3.67. The molecule has 3 aromatic rings. The molecule has 0 fully saturated rings. The molecule has 0 aliphatic heterocycles. The van der Waals surface area contributed by atoms with E-state index in [0.717, 1.165) is 11.3 Å². The molecule has 0 saturated carbocycles. The summed E-state index contributed by atoms with van der Waals surface area (Å²) in [5.74, 6) is -1.10. The van der Waals surface area contributed by atoms with E-state index in [-0.39, 0.29) is 11.1 Å². The molecule has 1 amide bonds. The quantitative estimate of drug-likeness (QED) is 0.670.